The second-order valence-electron chi connectivity index (χ2n) is 8.06. The first-order chi connectivity index (χ1) is 13.8. The monoisotopic (exact) mass is 397 g/mol. The molecule has 6 heteroatoms. The summed E-state index contributed by atoms with van der Waals surface area (Å²) in [6.45, 7) is 6.32. The van der Waals surface area contributed by atoms with Crippen LogP contribution in [0.25, 0.3) is 0 Å². The SMILES string of the molecule is CC(C)(C)OC(=O)OC(=O)[C@H]1NCC[C@H]1c1ccc(OCc2ccccc2)cc1. The van der Waals surface area contributed by atoms with E-state index in [1.807, 2.05) is 54.6 Å². The number of hydrogen-bond acceptors (Lipinski definition) is 6. The maximum Gasteiger partial charge on any atom is 0.516 e. The number of carbonyl (C=O) groups excluding carboxylic acids is 2. The Bertz CT molecular complexity index is 827. The first-order valence-electron chi connectivity index (χ1n) is 9.76. The molecular formula is C23H27NO5. The van der Waals surface area contributed by atoms with Crippen molar-refractivity contribution >= 4 is 12.1 Å². The highest BCUT2D eigenvalue weighted by molar-refractivity contribution is 5.86. The largest absolute Gasteiger partial charge is 0.516 e. The van der Waals surface area contributed by atoms with Gasteiger partial charge < -0.3 is 19.5 Å². The number of hydrogen-bond donors (Lipinski definition) is 1. The first kappa shape index (κ1) is 20.9. The van der Waals surface area contributed by atoms with Crippen LogP contribution in [0.2, 0.25) is 0 Å². The van der Waals surface area contributed by atoms with Crippen molar-refractivity contribution < 1.29 is 23.8 Å². The van der Waals surface area contributed by atoms with Crippen LogP contribution in [0.5, 0.6) is 5.75 Å². The molecule has 0 bridgehead atoms. The maximum atomic E-state index is 12.4. The zero-order valence-corrected chi connectivity index (χ0v) is 17.0. The normalized spacial score (nSPS) is 18.9. The first-order valence-corrected chi connectivity index (χ1v) is 9.76. The maximum absolute atomic E-state index is 12.4. The lowest BCUT2D eigenvalue weighted by molar-refractivity contribution is -0.143. The highest BCUT2D eigenvalue weighted by Gasteiger charge is 2.36. The third kappa shape index (κ3) is 6.06. The van der Waals surface area contributed by atoms with Crippen LogP contribution in [-0.2, 0) is 20.9 Å². The van der Waals surface area contributed by atoms with Gasteiger partial charge in [-0.05, 0) is 57.0 Å². The molecule has 0 unspecified atom stereocenters. The van der Waals surface area contributed by atoms with Gasteiger partial charge in [-0.15, -0.1) is 0 Å². The number of ether oxygens (including phenoxy) is 3. The Morgan fingerprint density at radius 3 is 2.38 bits per heavy atom. The number of nitrogens with one attached hydrogen (secondary N) is 1. The Morgan fingerprint density at radius 2 is 1.72 bits per heavy atom. The average molecular weight is 397 g/mol. The van der Waals surface area contributed by atoms with E-state index in [9.17, 15) is 9.59 Å². The molecule has 2 atom stereocenters. The third-order valence-corrected chi connectivity index (χ3v) is 4.61. The summed E-state index contributed by atoms with van der Waals surface area (Å²) in [4.78, 5) is 24.2. The summed E-state index contributed by atoms with van der Waals surface area (Å²) in [5, 5.41) is 3.12. The van der Waals surface area contributed by atoms with Crippen molar-refractivity contribution in [1.29, 1.82) is 0 Å². The van der Waals surface area contributed by atoms with Gasteiger partial charge in [0.15, 0.2) is 0 Å². The van der Waals surface area contributed by atoms with E-state index in [-0.39, 0.29) is 5.92 Å². The minimum Gasteiger partial charge on any atom is -0.489 e. The molecule has 0 aromatic heterocycles. The fraction of sp³-hybridized carbons (Fsp3) is 0.391. The van der Waals surface area contributed by atoms with Crippen molar-refractivity contribution in [1.82, 2.24) is 5.32 Å². The van der Waals surface area contributed by atoms with Crippen LogP contribution >= 0.6 is 0 Å². The van der Waals surface area contributed by atoms with Crippen molar-refractivity contribution in [2.75, 3.05) is 6.54 Å². The molecule has 154 valence electrons. The number of benzene rings is 2. The van der Waals surface area contributed by atoms with Gasteiger partial charge in [0.25, 0.3) is 0 Å². The molecule has 0 radical (unpaired) electrons. The van der Waals surface area contributed by atoms with Crippen molar-refractivity contribution in [2.24, 2.45) is 0 Å². The fourth-order valence-corrected chi connectivity index (χ4v) is 3.28. The third-order valence-electron chi connectivity index (χ3n) is 4.61. The van der Waals surface area contributed by atoms with Gasteiger partial charge in [-0.3, -0.25) is 0 Å². The lowest BCUT2D eigenvalue weighted by Crippen LogP contribution is -2.38. The molecule has 1 heterocycles. The number of esters is 1. The Morgan fingerprint density at radius 1 is 1.03 bits per heavy atom. The summed E-state index contributed by atoms with van der Waals surface area (Å²) in [5.74, 6) is 0.0655. The predicted molar refractivity (Wildman–Crippen MR) is 109 cm³/mol. The summed E-state index contributed by atoms with van der Waals surface area (Å²) in [7, 11) is 0. The standard InChI is InChI=1S/C23H27NO5/c1-23(2,3)29-22(26)28-21(25)20-19(13-14-24-20)17-9-11-18(12-10-17)27-15-16-7-5-4-6-8-16/h4-12,19-20,24H,13-15H2,1-3H3/t19-,20-/m0/s1. The van der Waals surface area contributed by atoms with E-state index >= 15 is 0 Å². The van der Waals surface area contributed by atoms with Gasteiger partial charge in [0.05, 0.1) is 0 Å². The summed E-state index contributed by atoms with van der Waals surface area (Å²) < 4.78 is 15.8. The molecule has 1 saturated heterocycles. The van der Waals surface area contributed by atoms with Gasteiger partial charge in [-0.25, -0.2) is 9.59 Å². The Balaban J connectivity index is 1.58. The van der Waals surface area contributed by atoms with Crippen LogP contribution in [0.15, 0.2) is 54.6 Å². The summed E-state index contributed by atoms with van der Waals surface area (Å²) in [6.07, 6.45) is -0.196. The Hall–Kier alpha value is -2.86. The Labute approximate surface area is 171 Å². The van der Waals surface area contributed by atoms with Gasteiger partial charge in [0, 0.05) is 5.92 Å². The molecule has 6 nitrogen and oxygen atoms in total. The zero-order valence-electron chi connectivity index (χ0n) is 17.0. The van der Waals surface area contributed by atoms with E-state index < -0.39 is 23.8 Å². The van der Waals surface area contributed by atoms with Crippen molar-refractivity contribution in [2.45, 2.75) is 51.4 Å². The lowest BCUT2D eigenvalue weighted by Gasteiger charge is -2.21. The van der Waals surface area contributed by atoms with Crippen molar-refractivity contribution in [3.8, 4) is 5.75 Å². The molecule has 0 saturated carbocycles. The van der Waals surface area contributed by atoms with Gasteiger partial charge >= 0.3 is 12.1 Å². The summed E-state index contributed by atoms with van der Waals surface area (Å²) in [5.41, 5.74) is 1.38. The highest BCUT2D eigenvalue weighted by atomic mass is 16.7. The van der Waals surface area contributed by atoms with Gasteiger partial charge in [0.1, 0.15) is 24.0 Å². The topological polar surface area (TPSA) is 73.9 Å². The second-order valence-corrected chi connectivity index (χ2v) is 8.06. The molecule has 3 rings (SSSR count). The molecule has 1 aliphatic rings. The van der Waals surface area contributed by atoms with Crippen LogP contribution in [0.4, 0.5) is 4.79 Å². The minimum atomic E-state index is -0.973. The predicted octanol–water partition coefficient (Wildman–Crippen LogP) is 4.19. The molecule has 2 aromatic rings. The zero-order chi connectivity index (χ0) is 20.9. The van der Waals surface area contributed by atoms with E-state index in [4.69, 9.17) is 14.2 Å². The molecule has 1 fully saturated rings. The second kappa shape index (κ2) is 9.09. The quantitative estimate of drug-likeness (QED) is 0.602. The van der Waals surface area contributed by atoms with Crippen LogP contribution in [0.1, 0.15) is 44.2 Å². The molecule has 0 aliphatic carbocycles. The van der Waals surface area contributed by atoms with Gasteiger partial charge in [-0.2, -0.15) is 0 Å². The van der Waals surface area contributed by atoms with Crippen LogP contribution in [-0.4, -0.2) is 30.3 Å². The molecule has 0 spiro atoms. The van der Waals surface area contributed by atoms with Gasteiger partial charge in [0.2, 0.25) is 0 Å². The molecule has 2 aromatic carbocycles. The number of rotatable bonds is 5. The highest BCUT2D eigenvalue weighted by Crippen LogP contribution is 2.30. The average Bonchev–Trinajstić information content (AvgIpc) is 3.16. The smallest absolute Gasteiger partial charge is 0.489 e. The number of carbonyl (C=O) groups is 2. The molecule has 29 heavy (non-hydrogen) atoms. The van der Waals surface area contributed by atoms with E-state index in [1.54, 1.807) is 20.8 Å². The van der Waals surface area contributed by atoms with E-state index in [0.29, 0.717) is 13.2 Å². The molecular weight excluding hydrogens is 370 g/mol. The molecule has 1 aliphatic heterocycles. The minimum absolute atomic E-state index is 0.0758. The fourth-order valence-electron chi connectivity index (χ4n) is 3.28. The van der Waals surface area contributed by atoms with Crippen LogP contribution in [0.3, 0.4) is 0 Å². The van der Waals surface area contributed by atoms with E-state index in [0.717, 1.165) is 23.3 Å². The van der Waals surface area contributed by atoms with Crippen molar-refractivity contribution in [3.63, 3.8) is 0 Å². The van der Waals surface area contributed by atoms with Crippen molar-refractivity contribution in [3.05, 3.63) is 65.7 Å². The van der Waals surface area contributed by atoms with Gasteiger partial charge in [-0.1, -0.05) is 42.5 Å². The van der Waals surface area contributed by atoms with E-state index in [2.05, 4.69) is 5.32 Å². The molecule has 0 amide bonds. The summed E-state index contributed by atoms with van der Waals surface area (Å²) in [6, 6.07) is 17.1. The van der Waals surface area contributed by atoms with Crippen LogP contribution in [0, 0.1) is 0 Å². The molecule has 1 N–H and O–H groups in total. The Kier molecular flexibility index (Phi) is 6.54. The lowest BCUT2D eigenvalue weighted by atomic mass is 9.92. The van der Waals surface area contributed by atoms with E-state index in [1.165, 1.54) is 0 Å². The summed E-state index contributed by atoms with van der Waals surface area (Å²) >= 11 is 0. The van der Waals surface area contributed by atoms with Crippen LogP contribution < -0.4 is 10.1 Å².